The fourth-order valence-corrected chi connectivity index (χ4v) is 3.15. The van der Waals surface area contributed by atoms with E-state index < -0.39 is 12.3 Å². The highest BCUT2D eigenvalue weighted by Gasteiger charge is 2.28. The Kier molecular flexibility index (Phi) is 10.00. The maximum atomic E-state index is 13.4. The molecule has 0 aromatic heterocycles. The molecule has 0 bridgehead atoms. The van der Waals surface area contributed by atoms with E-state index in [-0.39, 0.29) is 24.9 Å². The van der Waals surface area contributed by atoms with Crippen molar-refractivity contribution < 1.29 is 19.1 Å². The van der Waals surface area contributed by atoms with Crippen molar-refractivity contribution in [1.29, 1.82) is 0 Å². The number of ether oxygens (including phenoxy) is 2. The van der Waals surface area contributed by atoms with E-state index in [1.165, 1.54) is 14.2 Å². The Morgan fingerprint density at radius 1 is 0.967 bits per heavy atom. The van der Waals surface area contributed by atoms with E-state index in [1.807, 2.05) is 60.7 Å². The van der Waals surface area contributed by atoms with Gasteiger partial charge in [0.1, 0.15) is 6.04 Å². The molecule has 0 unspecified atom stereocenters. The Labute approximate surface area is 178 Å². The molecule has 1 atom stereocenters. The molecule has 0 spiro atoms. The van der Waals surface area contributed by atoms with Crippen molar-refractivity contribution in [3.8, 4) is 0 Å². The maximum Gasteiger partial charge on any atom is 0.245 e. The minimum absolute atomic E-state index is 0.179. The molecule has 2 rings (SSSR count). The number of amides is 2. The smallest absolute Gasteiger partial charge is 0.245 e. The second kappa shape index (κ2) is 12.7. The van der Waals surface area contributed by atoms with Gasteiger partial charge in [-0.15, -0.1) is 0 Å². The fourth-order valence-electron chi connectivity index (χ4n) is 3.15. The number of hydrogen-bond acceptors (Lipinski definition) is 5. The highest BCUT2D eigenvalue weighted by molar-refractivity contribution is 5.88. The molecule has 0 radical (unpaired) electrons. The summed E-state index contributed by atoms with van der Waals surface area (Å²) in [7, 11) is 3.07. The number of nitrogens with one attached hydrogen (secondary N) is 1. The first-order valence-corrected chi connectivity index (χ1v) is 9.99. The zero-order valence-electron chi connectivity index (χ0n) is 17.6. The topological polar surface area (TPSA) is 93.9 Å². The number of methoxy groups -OCH3 is 2. The van der Waals surface area contributed by atoms with Gasteiger partial charge in [0, 0.05) is 27.2 Å². The predicted molar refractivity (Wildman–Crippen MR) is 116 cm³/mol. The number of rotatable bonds is 12. The lowest BCUT2D eigenvalue weighted by Crippen LogP contribution is -2.53. The van der Waals surface area contributed by atoms with Gasteiger partial charge in [-0.05, 0) is 17.5 Å². The molecule has 2 amide bonds. The second-order valence-electron chi connectivity index (χ2n) is 6.93. The average molecular weight is 414 g/mol. The van der Waals surface area contributed by atoms with Crippen molar-refractivity contribution in [1.82, 2.24) is 10.2 Å². The summed E-state index contributed by atoms with van der Waals surface area (Å²) in [5.41, 5.74) is 7.54. The number of carbonyl (C=O) groups is 2. The maximum absolute atomic E-state index is 13.4. The molecule has 0 aliphatic rings. The first-order valence-electron chi connectivity index (χ1n) is 9.99. The third-order valence-electron chi connectivity index (χ3n) is 4.82. The molecule has 0 heterocycles. The van der Waals surface area contributed by atoms with Gasteiger partial charge in [-0.25, -0.2) is 0 Å². The van der Waals surface area contributed by atoms with Crippen LogP contribution in [0.2, 0.25) is 0 Å². The Morgan fingerprint density at radius 3 is 2.07 bits per heavy atom. The van der Waals surface area contributed by atoms with Crippen molar-refractivity contribution in [3.63, 3.8) is 0 Å². The van der Waals surface area contributed by atoms with Crippen molar-refractivity contribution in [3.05, 3.63) is 71.8 Å². The van der Waals surface area contributed by atoms with Gasteiger partial charge in [-0.2, -0.15) is 0 Å². The Balaban J connectivity index is 2.20. The van der Waals surface area contributed by atoms with E-state index >= 15 is 0 Å². The summed E-state index contributed by atoms with van der Waals surface area (Å²) in [6.45, 7) is 0.541. The SMILES string of the molecule is COC(CN(CCc1ccccc1)C(=O)[C@H](Cc1ccccc1)NC(=O)CN)OC. The van der Waals surface area contributed by atoms with Crippen LogP contribution in [-0.2, 0) is 31.9 Å². The minimum Gasteiger partial charge on any atom is -0.354 e. The first-order chi connectivity index (χ1) is 14.6. The predicted octanol–water partition coefficient (Wildman–Crippen LogP) is 1.36. The largest absolute Gasteiger partial charge is 0.354 e. The molecule has 7 heteroatoms. The number of nitrogens with two attached hydrogens (primary N) is 1. The third kappa shape index (κ3) is 7.59. The van der Waals surface area contributed by atoms with Crippen LogP contribution in [0.5, 0.6) is 0 Å². The molecule has 0 fully saturated rings. The van der Waals surface area contributed by atoms with Crippen LogP contribution in [0.25, 0.3) is 0 Å². The average Bonchev–Trinajstić information content (AvgIpc) is 2.79. The van der Waals surface area contributed by atoms with Gasteiger partial charge in [0.05, 0.1) is 13.1 Å². The summed E-state index contributed by atoms with van der Waals surface area (Å²) in [5, 5.41) is 2.77. The fraction of sp³-hybridized carbons (Fsp3) is 0.391. The van der Waals surface area contributed by atoms with Gasteiger partial charge >= 0.3 is 0 Å². The summed E-state index contributed by atoms with van der Waals surface area (Å²) in [4.78, 5) is 27.1. The highest BCUT2D eigenvalue weighted by Crippen LogP contribution is 2.10. The molecule has 0 saturated heterocycles. The van der Waals surface area contributed by atoms with E-state index in [0.29, 0.717) is 19.4 Å². The van der Waals surface area contributed by atoms with E-state index in [4.69, 9.17) is 15.2 Å². The third-order valence-corrected chi connectivity index (χ3v) is 4.82. The summed E-state index contributed by atoms with van der Waals surface area (Å²) < 4.78 is 10.6. The molecule has 0 aliphatic carbocycles. The van der Waals surface area contributed by atoms with Gasteiger partial charge in [-0.1, -0.05) is 60.7 Å². The summed E-state index contributed by atoms with van der Waals surface area (Å²) in [5.74, 6) is -0.571. The van der Waals surface area contributed by atoms with Crippen LogP contribution in [0.15, 0.2) is 60.7 Å². The van der Waals surface area contributed by atoms with Gasteiger partial charge in [0.25, 0.3) is 0 Å². The van der Waals surface area contributed by atoms with Crippen molar-refractivity contribution >= 4 is 11.8 Å². The van der Waals surface area contributed by atoms with Crippen molar-refractivity contribution in [2.45, 2.75) is 25.2 Å². The first kappa shape index (κ1) is 23.5. The number of carbonyl (C=O) groups excluding carboxylic acids is 2. The molecule has 3 N–H and O–H groups in total. The summed E-state index contributed by atoms with van der Waals surface area (Å²) >= 11 is 0. The molecule has 2 aromatic rings. The van der Waals surface area contributed by atoms with Crippen LogP contribution < -0.4 is 11.1 Å². The van der Waals surface area contributed by atoms with Crippen LogP contribution in [0.3, 0.4) is 0 Å². The molecule has 0 saturated carbocycles. The number of benzene rings is 2. The van der Waals surface area contributed by atoms with Crippen LogP contribution >= 0.6 is 0 Å². The number of nitrogens with zero attached hydrogens (tertiary/aromatic N) is 1. The number of hydrogen-bond donors (Lipinski definition) is 2. The quantitative estimate of drug-likeness (QED) is 0.513. The molecular formula is C23H31N3O4. The molecule has 2 aromatic carbocycles. The van der Waals surface area contributed by atoms with Gasteiger partial charge < -0.3 is 25.4 Å². The second-order valence-corrected chi connectivity index (χ2v) is 6.93. The molecular weight excluding hydrogens is 382 g/mol. The lowest BCUT2D eigenvalue weighted by atomic mass is 10.0. The zero-order chi connectivity index (χ0) is 21.8. The monoisotopic (exact) mass is 413 g/mol. The standard InChI is InChI=1S/C23H31N3O4/c1-29-22(30-2)17-26(14-13-18-9-5-3-6-10-18)23(28)20(25-21(27)16-24)15-19-11-7-4-8-12-19/h3-12,20,22H,13-17,24H2,1-2H3,(H,25,27)/t20-/m0/s1. The van der Waals surface area contributed by atoms with Crippen LogP contribution in [0.4, 0.5) is 0 Å². The van der Waals surface area contributed by atoms with E-state index in [9.17, 15) is 9.59 Å². The molecule has 30 heavy (non-hydrogen) atoms. The van der Waals surface area contributed by atoms with E-state index in [1.54, 1.807) is 4.90 Å². The summed E-state index contributed by atoms with van der Waals surface area (Å²) in [6, 6.07) is 18.8. The molecule has 162 valence electrons. The zero-order valence-corrected chi connectivity index (χ0v) is 17.6. The van der Waals surface area contributed by atoms with Gasteiger partial charge in [0.2, 0.25) is 11.8 Å². The van der Waals surface area contributed by atoms with E-state index in [0.717, 1.165) is 11.1 Å². The minimum atomic E-state index is -0.728. The lowest BCUT2D eigenvalue weighted by Gasteiger charge is -2.30. The van der Waals surface area contributed by atoms with Crippen molar-refractivity contribution in [2.75, 3.05) is 33.9 Å². The Morgan fingerprint density at radius 2 is 1.53 bits per heavy atom. The highest BCUT2D eigenvalue weighted by atomic mass is 16.7. The van der Waals surface area contributed by atoms with E-state index in [2.05, 4.69) is 5.32 Å². The molecule has 7 nitrogen and oxygen atoms in total. The van der Waals surface area contributed by atoms with Crippen LogP contribution in [-0.4, -0.2) is 62.9 Å². The van der Waals surface area contributed by atoms with Crippen LogP contribution in [0, 0.1) is 0 Å². The normalized spacial score (nSPS) is 11.9. The summed E-state index contributed by atoms with van der Waals surface area (Å²) in [6.07, 6.45) is 0.486. The Hall–Kier alpha value is -2.74. The Bertz CT molecular complexity index is 767. The van der Waals surface area contributed by atoms with Crippen LogP contribution in [0.1, 0.15) is 11.1 Å². The lowest BCUT2D eigenvalue weighted by molar-refractivity contribution is -0.148. The molecule has 0 aliphatic heterocycles. The van der Waals surface area contributed by atoms with Gasteiger partial charge in [0.15, 0.2) is 6.29 Å². The van der Waals surface area contributed by atoms with Crippen molar-refractivity contribution in [2.24, 2.45) is 5.73 Å². The van der Waals surface area contributed by atoms with Gasteiger partial charge in [-0.3, -0.25) is 9.59 Å².